The fourth-order valence-electron chi connectivity index (χ4n) is 0.997. The van der Waals surface area contributed by atoms with E-state index in [-0.39, 0.29) is 6.42 Å². The number of imide groups is 1. The second-order valence-electron chi connectivity index (χ2n) is 2.98. The van der Waals surface area contributed by atoms with E-state index in [2.05, 4.69) is 15.5 Å². The highest BCUT2D eigenvalue weighted by molar-refractivity contribution is 7.99. The molecule has 0 unspecified atom stereocenters. The molecule has 1 heterocycles. The van der Waals surface area contributed by atoms with Gasteiger partial charge in [-0.2, -0.15) is 0 Å². The molecule has 9 nitrogen and oxygen atoms in total. The summed E-state index contributed by atoms with van der Waals surface area (Å²) in [6, 6.07) is -0.854. The van der Waals surface area contributed by atoms with Gasteiger partial charge in [0.2, 0.25) is 11.1 Å². The number of aromatic nitrogens is 4. The van der Waals surface area contributed by atoms with E-state index in [9.17, 15) is 9.59 Å². The molecule has 94 valence electrons. The molecule has 1 aromatic rings. The molecule has 0 aliphatic rings. The summed E-state index contributed by atoms with van der Waals surface area (Å²) in [6.07, 6.45) is 0.156. The summed E-state index contributed by atoms with van der Waals surface area (Å²) < 4.78 is 1.55. The summed E-state index contributed by atoms with van der Waals surface area (Å²) in [6.45, 7) is 0.948. The van der Waals surface area contributed by atoms with Crippen LogP contribution in [0.2, 0.25) is 0 Å². The van der Waals surface area contributed by atoms with Gasteiger partial charge in [-0.25, -0.2) is 9.48 Å². The number of thioether (sulfide) groups is 1. The van der Waals surface area contributed by atoms with Crippen molar-refractivity contribution in [3.63, 3.8) is 0 Å². The number of carbonyl (C=O) groups is 2. The Morgan fingerprint density at radius 1 is 1.47 bits per heavy atom. The number of nitrogens with two attached hydrogens (primary N) is 2. The van der Waals surface area contributed by atoms with Gasteiger partial charge in [-0.05, 0) is 10.4 Å². The average Bonchev–Trinajstić information content (AvgIpc) is 2.65. The third-order valence-electron chi connectivity index (χ3n) is 1.66. The number of nitrogens with zero attached hydrogens (tertiary/aromatic N) is 4. The van der Waals surface area contributed by atoms with Crippen molar-refractivity contribution in [1.29, 1.82) is 0 Å². The molecular weight excluding hydrogens is 246 g/mol. The second-order valence-corrected chi connectivity index (χ2v) is 4.05. The van der Waals surface area contributed by atoms with Gasteiger partial charge in [-0.3, -0.25) is 10.1 Å². The molecule has 0 aliphatic heterocycles. The molecule has 0 radical (unpaired) electrons. The first-order valence-corrected chi connectivity index (χ1v) is 5.80. The Labute approximate surface area is 101 Å². The molecular formula is C7H13N7O2S. The van der Waals surface area contributed by atoms with Gasteiger partial charge in [0.1, 0.15) is 0 Å². The van der Waals surface area contributed by atoms with Crippen LogP contribution >= 0.6 is 11.8 Å². The van der Waals surface area contributed by atoms with E-state index in [0.717, 1.165) is 0 Å². The van der Waals surface area contributed by atoms with Crippen LogP contribution in [0.25, 0.3) is 0 Å². The predicted molar refractivity (Wildman–Crippen MR) is 59.9 cm³/mol. The molecule has 0 aliphatic carbocycles. The number of urea groups is 1. The lowest BCUT2D eigenvalue weighted by molar-refractivity contribution is -0.119. The van der Waals surface area contributed by atoms with Crippen molar-refractivity contribution in [1.82, 2.24) is 25.5 Å². The van der Waals surface area contributed by atoms with Crippen LogP contribution in [0.5, 0.6) is 0 Å². The van der Waals surface area contributed by atoms with Crippen molar-refractivity contribution in [3.05, 3.63) is 0 Å². The molecule has 0 aromatic carbocycles. The van der Waals surface area contributed by atoms with Crippen molar-refractivity contribution >= 4 is 23.7 Å². The zero-order valence-corrected chi connectivity index (χ0v) is 9.81. The van der Waals surface area contributed by atoms with E-state index in [1.54, 1.807) is 4.68 Å². The lowest BCUT2D eigenvalue weighted by atomic mass is 10.4. The van der Waals surface area contributed by atoms with Gasteiger partial charge in [0, 0.05) is 18.7 Å². The van der Waals surface area contributed by atoms with Gasteiger partial charge < -0.3 is 11.5 Å². The van der Waals surface area contributed by atoms with E-state index in [1.807, 2.05) is 5.32 Å². The van der Waals surface area contributed by atoms with Crippen LogP contribution in [0.4, 0.5) is 4.79 Å². The number of rotatable bonds is 6. The van der Waals surface area contributed by atoms with E-state index < -0.39 is 11.9 Å². The predicted octanol–water partition coefficient (Wildman–Crippen LogP) is -1.69. The minimum Gasteiger partial charge on any atom is -0.351 e. The summed E-state index contributed by atoms with van der Waals surface area (Å²) in [7, 11) is 0. The smallest absolute Gasteiger partial charge is 0.318 e. The number of carbonyl (C=O) groups excluding carboxylic acids is 2. The first kappa shape index (κ1) is 13.4. The normalized spacial score (nSPS) is 10.2. The molecule has 3 amide bonds. The maximum Gasteiger partial charge on any atom is 0.318 e. The standard InChI is InChI=1S/C7H13N7O2S/c8-2-3-14-7(11-12-13-14)17-4-1-5(15)10-6(9)16/h1-4,8H2,(H3,9,10,15,16). The van der Waals surface area contributed by atoms with E-state index in [4.69, 9.17) is 11.5 Å². The fraction of sp³-hybridized carbons (Fsp3) is 0.571. The molecule has 0 spiro atoms. The Kier molecular flexibility index (Phi) is 5.36. The lowest BCUT2D eigenvalue weighted by Gasteiger charge is -2.02. The van der Waals surface area contributed by atoms with Crippen LogP contribution < -0.4 is 16.8 Å². The maximum atomic E-state index is 11.1. The molecule has 0 saturated heterocycles. The monoisotopic (exact) mass is 259 g/mol. The van der Waals surface area contributed by atoms with Crippen LogP contribution in [0.3, 0.4) is 0 Å². The number of primary amides is 1. The summed E-state index contributed by atoms with van der Waals surface area (Å²) in [5.74, 6) is 0.0206. The van der Waals surface area contributed by atoms with Gasteiger partial charge in [0.15, 0.2) is 0 Å². The van der Waals surface area contributed by atoms with Crippen LogP contribution in [0.1, 0.15) is 6.42 Å². The van der Waals surface area contributed by atoms with Crippen molar-refractivity contribution in [2.75, 3.05) is 12.3 Å². The molecule has 1 aromatic heterocycles. The minimum absolute atomic E-state index is 0.156. The molecule has 17 heavy (non-hydrogen) atoms. The first-order chi connectivity index (χ1) is 8.13. The number of amides is 3. The van der Waals surface area contributed by atoms with Crippen molar-refractivity contribution < 1.29 is 9.59 Å². The maximum absolute atomic E-state index is 11.1. The zero-order chi connectivity index (χ0) is 12.7. The van der Waals surface area contributed by atoms with Crippen LogP contribution in [-0.4, -0.2) is 44.4 Å². The average molecular weight is 259 g/mol. The second kappa shape index (κ2) is 6.81. The number of tetrazole rings is 1. The van der Waals surface area contributed by atoms with Crippen molar-refractivity contribution in [3.8, 4) is 0 Å². The van der Waals surface area contributed by atoms with Gasteiger partial charge >= 0.3 is 6.03 Å². The number of hydrogen-bond acceptors (Lipinski definition) is 7. The minimum atomic E-state index is -0.854. The molecule has 1 rings (SSSR count). The SMILES string of the molecule is NCCn1nnnc1SCCC(=O)NC(N)=O. The lowest BCUT2D eigenvalue weighted by Crippen LogP contribution is -2.35. The molecule has 0 fully saturated rings. The van der Waals surface area contributed by atoms with Gasteiger partial charge in [0.05, 0.1) is 6.54 Å². The molecule has 5 N–H and O–H groups in total. The number of hydrogen-bond donors (Lipinski definition) is 3. The van der Waals surface area contributed by atoms with E-state index >= 15 is 0 Å². The van der Waals surface area contributed by atoms with E-state index in [0.29, 0.717) is 24.0 Å². The fourth-order valence-corrected chi connectivity index (χ4v) is 1.84. The quantitative estimate of drug-likeness (QED) is 0.517. The summed E-state index contributed by atoms with van der Waals surface area (Å²) in [4.78, 5) is 21.5. The molecule has 0 saturated carbocycles. The highest BCUT2D eigenvalue weighted by Gasteiger charge is 2.08. The zero-order valence-electron chi connectivity index (χ0n) is 9.00. The third-order valence-corrected chi connectivity index (χ3v) is 2.62. The van der Waals surface area contributed by atoms with Gasteiger partial charge in [-0.15, -0.1) is 5.10 Å². The molecule has 0 atom stereocenters. The number of nitrogens with one attached hydrogen (secondary N) is 1. The third kappa shape index (κ3) is 4.78. The summed E-state index contributed by atoms with van der Waals surface area (Å²) in [5, 5.41) is 13.6. The Hall–Kier alpha value is -1.68. The molecule has 0 bridgehead atoms. The van der Waals surface area contributed by atoms with E-state index in [1.165, 1.54) is 11.8 Å². The Morgan fingerprint density at radius 2 is 2.24 bits per heavy atom. The highest BCUT2D eigenvalue weighted by atomic mass is 32.2. The van der Waals surface area contributed by atoms with Gasteiger partial charge in [-0.1, -0.05) is 11.8 Å². The van der Waals surface area contributed by atoms with Crippen molar-refractivity contribution in [2.24, 2.45) is 11.5 Å². The van der Waals surface area contributed by atoms with Crippen molar-refractivity contribution in [2.45, 2.75) is 18.1 Å². The van der Waals surface area contributed by atoms with Gasteiger partial charge in [0.25, 0.3) is 0 Å². The Balaban J connectivity index is 2.32. The largest absolute Gasteiger partial charge is 0.351 e. The Bertz CT molecular complexity index is 393. The Morgan fingerprint density at radius 3 is 2.88 bits per heavy atom. The topological polar surface area (TPSA) is 142 Å². The van der Waals surface area contributed by atoms with Crippen LogP contribution in [0.15, 0.2) is 5.16 Å². The first-order valence-electron chi connectivity index (χ1n) is 4.81. The summed E-state index contributed by atoms with van der Waals surface area (Å²) in [5.41, 5.74) is 10.2. The van der Waals surface area contributed by atoms with Crippen LogP contribution in [-0.2, 0) is 11.3 Å². The van der Waals surface area contributed by atoms with Crippen LogP contribution in [0, 0.1) is 0 Å². The highest BCUT2D eigenvalue weighted by Crippen LogP contribution is 2.13. The molecule has 10 heteroatoms. The summed E-state index contributed by atoms with van der Waals surface area (Å²) >= 11 is 1.31.